The molecular weight excluding hydrogens is 368 g/mol. The van der Waals surface area contributed by atoms with Gasteiger partial charge in [-0.2, -0.15) is 8.78 Å². The second-order valence-electron chi connectivity index (χ2n) is 5.34. The number of ether oxygens (including phenoxy) is 3. The Hall–Kier alpha value is -2.54. The molecule has 5 nitrogen and oxygen atoms in total. The van der Waals surface area contributed by atoms with Crippen molar-refractivity contribution in [1.82, 2.24) is 5.32 Å². The summed E-state index contributed by atoms with van der Waals surface area (Å²) in [6, 6.07) is 9.55. The molecule has 2 aromatic rings. The highest BCUT2D eigenvalue weighted by Crippen LogP contribution is 2.29. The lowest BCUT2D eigenvalue weighted by Crippen LogP contribution is -2.28. The van der Waals surface area contributed by atoms with Gasteiger partial charge in [0.05, 0.1) is 7.11 Å². The van der Waals surface area contributed by atoms with Crippen molar-refractivity contribution in [3.8, 4) is 17.2 Å². The van der Waals surface area contributed by atoms with Crippen LogP contribution in [0.4, 0.5) is 8.78 Å². The Labute approximate surface area is 154 Å². The maximum absolute atomic E-state index is 12.3. The fourth-order valence-corrected chi connectivity index (χ4v) is 2.41. The third kappa shape index (κ3) is 5.77. The number of hydrogen-bond acceptors (Lipinski definition) is 4. The van der Waals surface area contributed by atoms with Gasteiger partial charge in [0.15, 0.2) is 18.1 Å². The largest absolute Gasteiger partial charge is 0.493 e. The molecule has 0 heterocycles. The number of nitrogens with one attached hydrogen (secondary N) is 1. The molecule has 2 aromatic carbocycles. The monoisotopic (exact) mass is 385 g/mol. The van der Waals surface area contributed by atoms with Crippen LogP contribution >= 0.6 is 11.6 Å². The molecule has 0 aliphatic carbocycles. The molecule has 0 radical (unpaired) electrons. The average molecular weight is 386 g/mol. The standard InChI is InChI=1S/C18H18ClF2NO4/c1-11-7-13(19)4-6-14(11)25-10-17(23)22-9-12-3-5-15(26-18(20)21)16(8-12)24-2/h3-8,18H,9-10H2,1-2H3,(H,22,23). The number of aryl methyl sites for hydroxylation is 1. The van der Waals surface area contributed by atoms with Crippen LogP contribution in [-0.2, 0) is 11.3 Å². The summed E-state index contributed by atoms with van der Waals surface area (Å²) < 4.78 is 39.4. The van der Waals surface area contributed by atoms with E-state index in [-0.39, 0.29) is 30.6 Å². The molecule has 0 unspecified atom stereocenters. The molecule has 0 atom stereocenters. The van der Waals surface area contributed by atoms with E-state index in [0.29, 0.717) is 16.3 Å². The van der Waals surface area contributed by atoms with Gasteiger partial charge in [-0.15, -0.1) is 0 Å². The summed E-state index contributed by atoms with van der Waals surface area (Å²) in [7, 11) is 1.35. The Morgan fingerprint density at radius 3 is 2.54 bits per heavy atom. The van der Waals surface area contributed by atoms with Crippen molar-refractivity contribution in [2.24, 2.45) is 0 Å². The first kappa shape index (κ1) is 19.8. The second kappa shape index (κ2) is 9.24. The molecule has 0 bridgehead atoms. The van der Waals surface area contributed by atoms with E-state index < -0.39 is 6.61 Å². The van der Waals surface area contributed by atoms with E-state index in [9.17, 15) is 13.6 Å². The van der Waals surface area contributed by atoms with Crippen LogP contribution < -0.4 is 19.5 Å². The van der Waals surface area contributed by atoms with Crippen molar-refractivity contribution in [1.29, 1.82) is 0 Å². The van der Waals surface area contributed by atoms with Crippen molar-refractivity contribution in [3.05, 3.63) is 52.5 Å². The first-order chi connectivity index (χ1) is 12.4. The minimum absolute atomic E-state index is 0.0703. The molecule has 8 heteroatoms. The molecule has 0 saturated carbocycles. The van der Waals surface area contributed by atoms with E-state index in [1.807, 2.05) is 6.92 Å². The highest BCUT2D eigenvalue weighted by Gasteiger charge is 2.12. The minimum atomic E-state index is -2.94. The Bertz CT molecular complexity index is 771. The van der Waals surface area contributed by atoms with Gasteiger partial charge in [0.1, 0.15) is 5.75 Å². The maximum atomic E-state index is 12.3. The molecule has 0 aromatic heterocycles. The van der Waals surface area contributed by atoms with Crippen molar-refractivity contribution in [3.63, 3.8) is 0 Å². The SMILES string of the molecule is COc1cc(CNC(=O)COc2ccc(Cl)cc2C)ccc1OC(F)F. The minimum Gasteiger partial charge on any atom is -0.493 e. The number of methoxy groups -OCH3 is 1. The smallest absolute Gasteiger partial charge is 0.387 e. The molecule has 26 heavy (non-hydrogen) atoms. The van der Waals surface area contributed by atoms with Gasteiger partial charge < -0.3 is 19.5 Å². The van der Waals surface area contributed by atoms with Crippen LogP contribution in [0.2, 0.25) is 5.02 Å². The average Bonchev–Trinajstić information content (AvgIpc) is 2.59. The third-order valence-electron chi connectivity index (χ3n) is 3.43. The van der Waals surface area contributed by atoms with E-state index in [4.69, 9.17) is 21.1 Å². The predicted molar refractivity (Wildman–Crippen MR) is 93.2 cm³/mol. The van der Waals surface area contributed by atoms with Gasteiger partial charge in [-0.3, -0.25) is 4.79 Å². The number of halogens is 3. The maximum Gasteiger partial charge on any atom is 0.387 e. The van der Waals surface area contributed by atoms with Crippen LogP contribution in [0.3, 0.4) is 0 Å². The molecule has 2 rings (SSSR count). The Morgan fingerprint density at radius 2 is 1.88 bits per heavy atom. The van der Waals surface area contributed by atoms with E-state index in [0.717, 1.165) is 5.56 Å². The van der Waals surface area contributed by atoms with Gasteiger partial charge in [0, 0.05) is 11.6 Å². The van der Waals surface area contributed by atoms with Gasteiger partial charge in [-0.1, -0.05) is 17.7 Å². The van der Waals surface area contributed by atoms with E-state index in [1.54, 1.807) is 24.3 Å². The van der Waals surface area contributed by atoms with E-state index in [1.165, 1.54) is 19.2 Å². The third-order valence-corrected chi connectivity index (χ3v) is 3.66. The zero-order valence-electron chi connectivity index (χ0n) is 14.2. The van der Waals surface area contributed by atoms with Crippen LogP contribution in [0.1, 0.15) is 11.1 Å². The molecule has 0 saturated heterocycles. The summed E-state index contributed by atoms with van der Waals surface area (Å²) in [6.07, 6.45) is 0. The van der Waals surface area contributed by atoms with E-state index >= 15 is 0 Å². The molecule has 1 N–H and O–H groups in total. The molecule has 140 valence electrons. The highest BCUT2D eigenvalue weighted by atomic mass is 35.5. The fraction of sp³-hybridized carbons (Fsp3) is 0.278. The first-order valence-electron chi connectivity index (χ1n) is 7.66. The van der Waals surface area contributed by atoms with Crippen LogP contribution in [-0.4, -0.2) is 26.2 Å². The zero-order valence-corrected chi connectivity index (χ0v) is 15.0. The quantitative estimate of drug-likeness (QED) is 0.747. The van der Waals surface area contributed by atoms with Crippen molar-refractivity contribution >= 4 is 17.5 Å². The number of carbonyl (C=O) groups is 1. The predicted octanol–water partition coefficient (Wildman–Crippen LogP) is 3.95. The van der Waals surface area contributed by atoms with Gasteiger partial charge in [0.2, 0.25) is 0 Å². The topological polar surface area (TPSA) is 56.8 Å². The van der Waals surface area contributed by atoms with Crippen LogP contribution in [0, 0.1) is 6.92 Å². The van der Waals surface area contributed by atoms with Crippen LogP contribution in [0.5, 0.6) is 17.2 Å². The molecule has 0 fully saturated rings. The molecule has 0 aliphatic heterocycles. The summed E-state index contributed by atoms with van der Waals surface area (Å²) in [4.78, 5) is 11.9. The van der Waals surface area contributed by atoms with Crippen molar-refractivity contribution < 1.29 is 27.8 Å². The summed E-state index contributed by atoms with van der Waals surface area (Å²) >= 11 is 5.87. The zero-order chi connectivity index (χ0) is 19.1. The Morgan fingerprint density at radius 1 is 1.15 bits per heavy atom. The molecular formula is C18H18ClF2NO4. The highest BCUT2D eigenvalue weighted by molar-refractivity contribution is 6.30. The van der Waals surface area contributed by atoms with Crippen LogP contribution in [0.15, 0.2) is 36.4 Å². The lowest BCUT2D eigenvalue weighted by molar-refractivity contribution is -0.123. The number of benzene rings is 2. The first-order valence-corrected chi connectivity index (χ1v) is 8.04. The molecule has 0 spiro atoms. The van der Waals surface area contributed by atoms with Gasteiger partial charge >= 0.3 is 6.61 Å². The fourth-order valence-electron chi connectivity index (χ4n) is 2.19. The van der Waals surface area contributed by atoms with Crippen molar-refractivity contribution in [2.75, 3.05) is 13.7 Å². The summed E-state index contributed by atoms with van der Waals surface area (Å²) in [5, 5.41) is 3.27. The number of alkyl halides is 2. The summed E-state index contributed by atoms with van der Waals surface area (Å²) in [6.45, 7) is -1.09. The van der Waals surface area contributed by atoms with E-state index in [2.05, 4.69) is 10.1 Å². The number of carbonyl (C=O) groups excluding carboxylic acids is 1. The molecule has 0 aliphatic rings. The number of rotatable bonds is 8. The second-order valence-corrected chi connectivity index (χ2v) is 5.78. The summed E-state index contributed by atoms with van der Waals surface area (Å²) in [5.74, 6) is 0.329. The van der Waals surface area contributed by atoms with Crippen LogP contribution in [0.25, 0.3) is 0 Å². The normalized spacial score (nSPS) is 10.5. The van der Waals surface area contributed by atoms with Gasteiger partial charge in [0.25, 0.3) is 5.91 Å². The number of amides is 1. The Kier molecular flexibility index (Phi) is 7.03. The Balaban J connectivity index is 1.88. The number of hydrogen-bond donors (Lipinski definition) is 1. The van der Waals surface area contributed by atoms with Crippen molar-refractivity contribution in [2.45, 2.75) is 20.1 Å². The lowest BCUT2D eigenvalue weighted by Gasteiger charge is -2.12. The van der Waals surface area contributed by atoms with Gasteiger partial charge in [-0.05, 0) is 48.4 Å². The van der Waals surface area contributed by atoms with Gasteiger partial charge in [-0.25, -0.2) is 0 Å². The lowest BCUT2D eigenvalue weighted by atomic mass is 10.2. The molecule has 1 amide bonds. The summed E-state index contributed by atoms with van der Waals surface area (Å²) in [5.41, 5.74) is 1.49.